The summed E-state index contributed by atoms with van der Waals surface area (Å²) in [5.74, 6) is 0.128. The highest BCUT2D eigenvalue weighted by Crippen LogP contribution is 2.38. The maximum absolute atomic E-state index is 13.0. The normalized spacial score (nSPS) is 10.9. The zero-order chi connectivity index (χ0) is 22.4. The van der Waals surface area contributed by atoms with E-state index in [9.17, 15) is 14.9 Å². The molecular weight excluding hydrogens is 388 g/mol. The van der Waals surface area contributed by atoms with Crippen LogP contribution < -0.4 is 14.2 Å². The molecule has 1 aromatic heterocycles. The molecule has 0 atom stereocenters. The molecule has 0 radical (unpaired) electrons. The number of nitriles is 1. The van der Waals surface area contributed by atoms with Crippen LogP contribution in [0.25, 0.3) is 6.08 Å². The van der Waals surface area contributed by atoms with Gasteiger partial charge in [-0.25, -0.2) is 4.79 Å². The number of hydrogen-bond acceptors (Lipinski definition) is 7. The molecule has 0 aliphatic carbocycles. The van der Waals surface area contributed by atoms with E-state index in [4.69, 9.17) is 18.9 Å². The second-order valence-corrected chi connectivity index (χ2v) is 6.30. The number of carbonyl (C=O) groups is 2. The second kappa shape index (κ2) is 9.65. The van der Waals surface area contributed by atoms with Crippen LogP contribution in [0.2, 0.25) is 0 Å². The molecule has 1 aromatic carbocycles. The molecule has 8 heteroatoms. The van der Waals surface area contributed by atoms with E-state index in [0.29, 0.717) is 39.6 Å². The molecule has 30 heavy (non-hydrogen) atoms. The summed E-state index contributed by atoms with van der Waals surface area (Å²) in [6, 6.07) is 5.18. The summed E-state index contributed by atoms with van der Waals surface area (Å²) in [6.45, 7) is 5.23. The van der Waals surface area contributed by atoms with E-state index in [0.717, 1.165) is 0 Å². The van der Waals surface area contributed by atoms with E-state index in [1.807, 2.05) is 6.07 Å². The molecule has 0 aliphatic heterocycles. The molecule has 0 amide bonds. The number of methoxy groups -OCH3 is 3. The lowest BCUT2D eigenvalue weighted by molar-refractivity contribution is 0.0525. The van der Waals surface area contributed by atoms with Crippen LogP contribution in [0.1, 0.15) is 44.6 Å². The first-order valence-electron chi connectivity index (χ1n) is 9.15. The van der Waals surface area contributed by atoms with Gasteiger partial charge in [-0.3, -0.25) is 4.79 Å². The number of rotatable bonds is 8. The van der Waals surface area contributed by atoms with Crippen molar-refractivity contribution in [1.29, 1.82) is 5.26 Å². The first-order chi connectivity index (χ1) is 14.3. The summed E-state index contributed by atoms with van der Waals surface area (Å²) in [5.41, 5.74) is 1.78. The van der Waals surface area contributed by atoms with Crippen LogP contribution in [0, 0.1) is 25.2 Å². The third-order valence-electron chi connectivity index (χ3n) is 4.51. The highest BCUT2D eigenvalue weighted by atomic mass is 16.5. The molecule has 2 rings (SSSR count). The molecule has 8 nitrogen and oxygen atoms in total. The van der Waals surface area contributed by atoms with Crippen LogP contribution in [-0.2, 0) is 4.74 Å². The number of allylic oxidation sites excluding steroid dienone is 1. The predicted molar refractivity (Wildman–Crippen MR) is 110 cm³/mol. The summed E-state index contributed by atoms with van der Waals surface area (Å²) in [4.78, 5) is 28.1. The monoisotopic (exact) mass is 412 g/mol. The number of benzene rings is 1. The number of ether oxygens (including phenoxy) is 4. The Kier molecular flexibility index (Phi) is 7.26. The quantitative estimate of drug-likeness (QED) is 0.305. The Morgan fingerprint density at radius 3 is 2.17 bits per heavy atom. The lowest BCUT2D eigenvalue weighted by atomic mass is 10.0. The zero-order valence-corrected chi connectivity index (χ0v) is 17.8. The fourth-order valence-corrected chi connectivity index (χ4v) is 3.12. The summed E-state index contributed by atoms with van der Waals surface area (Å²) in [6.07, 6.45) is 1.42. The van der Waals surface area contributed by atoms with Gasteiger partial charge in [-0.15, -0.1) is 0 Å². The van der Waals surface area contributed by atoms with Crippen molar-refractivity contribution >= 4 is 17.8 Å². The van der Waals surface area contributed by atoms with Gasteiger partial charge in [0.05, 0.1) is 39.2 Å². The first-order valence-corrected chi connectivity index (χ1v) is 9.15. The molecule has 0 saturated carbocycles. The minimum Gasteiger partial charge on any atom is -0.493 e. The first kappa shape index (κ1) is 22.6. The Balaban J connectivity index is 2.52. The average molecular weight is 412 g/mol. The number of Topliss-reactive ketones (excluding diaryl/α,β-unsaturated/α-hetero) is 1. The highest BCUT2D eigenvalue weighted by molar-refractivity contribution is 6.15. The van der Waals surface area contributed by atoms with Gasteiger partial charge in [0.1, 0.15) is 11.6 Å². The highest BCUT2D eigenvalue weighted by Gasteiger charge is 2.25. The summed E-state index contributed by atoms with van der Waals surface area (Å²) < 4.78 is 20.9. The topological polar surface area (TPSA) is 111 Å². The van der Waals surface area contributed by atoms with Crippen molar-refractivity contribution in [2.75, 3.05) is 27.9 Å². The van der Waals surface area contributed by atoms with Gasteiger partial charge in [-0.05, 0) is 50.1 Å². The van der Waals surface area contributed by atoms with Gasteiger partial charge in [-0.2, -0.15) is 5.26 Å². The second-order valence-electron chi connectivity index (χ2n) is 6.30. The number of aromatic amines is 1. The number of nitrogens with one attached hydrogen (secondary N) is 1. The molecule has 1 N–H and O–H groups in total. The van der Waals surface area contributed by atoms with E-state index in [2.05, 4.69) is 4.98 Å². The molecule has 0 aliphatic rings. The average Bonchev–Trinajstić information content (AvgIpc) is 3.04. The van der Waals surface area contributed by atoms with Crippen molar-refractivity contribution < 1.29 is 28.5 Å². The van der Waals surface area contributed by atoms with Gasteiger partial charge in [-0.1, -0.05) is 0 Å². The van der Waals surface area contributed by atoms with Crippen molar-refractivity contribution in [2.24, 2.45) is 0 Å². The Morgan fingerprint density at radius 2 is 1.70 bits per heavy atom. The Morgan fingerprint density at radius 1 is 1.10 bits per heavy atom. The largest absolute Gasteiger partial charge is 0.493 e. The van der Waals surface area contributed by atoms with E-state index < -0.39 is 11.8 Å². The fraction of sp³-hybridized carbons (Fsp3) is 0.318. The molecular formula is C22H24N2O6. The molecule has 0 unspecified atom stereocenters. The maximum atomic E-state index is 13.0. The molecule has 0 bridgehead atoms. The number of carbonyl (C=O) groups excluding carboxylic acids is 2. The van der Waals surface area contributed by atoms with E-state index in [1.54, 1.807) is 32.9 Å². The third-order valence-corrected chi connectivity index (χ3v) is 4.51. The van der Waals surface area contributed by atoms with Gasteiger partial charge < -0.3 is 23.9 Å². The van der Waals surface area contributed by atoms with Gasteiger partial charge in [0.2, 0.25) is 11.5 Å². The summed E-state index contributed by atoms with van der Waals surface area (Å²) in [7, 11) is 4.43. The SMILES string of the molecule is CCOC(=O)c1c(C)[nH]c(C(=O)C(C#N)=Cc2cc(OC)c(OC)c(OC)c2)c1C. The molecule has 0 spiro atoms. The Hall–Kier alpha value is -3.73. The molecule has 2 aromatic rings. The van der Waals surface area contributed by atoms with Crippen molar-refractivity contribution in [2.45, 2.75) is 20.8 Å². The predicted octanol–water partition coefficient (Wildman–Crippen LogP) is 3.62. The van der Waals surface area contributed by atoms with E-state index in [-0.39, 0.29) is 17.9 Å². The van der Waals surface area contributed by atoms with Crippen LogP contribution in [0.4, 0.5) is 0 Å². The Labute approximate surface area is 175 Å². The number of aromatic nitrogens is 1. The lowest BCUT2D eigenvalue weighted by Crippen LogP contribution is -2.08. The third kappa shape index (κ3) is 4.30. The van der Waals surface area contributed by atoms with Gasteiger partial charge in [0, 0.05) is 5.69 Å². The number of H-pyrrole nitrogens is 1. The van der Waals surface area contributed by atoms with Crippen LogP contribution in [-0.4, -0.2) is 44.7 Å². The molecule has 0 saturated heterocycles. The lowest BCUT2D eigenvalue weighted by Gasteiger charge is -2.13. The number of hydrogen-bond donors (Lipinski definition) is 1. The maximum Gasteiger partial charge on any atom is 0.340 e. The van der Waals surface area contributed by atoms with Crippen LogP contribution in [0.5, 0.6) is 17.2 Å². The zero-order valence-electron chi connectivity index (χ0n) is 17.8. The number of nitrogens with zero attached hydrogens (tertiary/aromatic N) is 1. The minimum atomic E-state index is -0.539. The van der Waals surface area contributed by atoms with E-state index in [1.165, 1.54) is 27.4 Å². The molecule has 158 valence electrons. The number of ketones is 1. The van der Waals surface area contributed by atoms with Crippen molar-refractivity contribution in [3.8, 4) is 23.3 Å². The van der Waals surface area contributed by atoms with E-state index >= 15 is 0 Å². The number of esters is 1. The van der Waals surface area contributed by atoms with Crippen LogP contribution in [0.15, 0.2) is 17.7 Å². The minimum absolute atomic E-state index is 0.121. The number of aryl methyl sites for hydroxylation is 1. The van der Waals surface area contributed by atoms with Crippen molar-refractivity contribution in [1.82, 2.24) is 4.98 Å². The van der Waals surface area contributed by atoms with Gasteiger partial charge in [0.25, 0.3) is 0 Å². The van der Waals surface area contributed by atoms with Crippen molar-refractivity contribution in [3.63, 3.8) is 0 Å². The summed E-state index contributed by atoms with van der Waals surface area (Å²) in [5, 5.41) is 9.60. The Bertz CT molecular complexity index is 1020. The standard InChI is InChI=1S/C22H24N2O6/c1-7-30-22(26)18-12(2)19(24-13(18)3)20(25)15(11-23)8-14-9-16(27-4)21(29-6)17(10-14)28-5/h8-10,24H,7H2,1-6H3. The van der Waals surface area contributed by atoms with Crippen LogP contribution in [0.3, 0.4) is 0 Å². The fourth-order valence-electron chi connectivity index (χ4n) is 3.12. The van der Waals surface area contributed by atoms with Gasteiger partial charge in [0.15, 0.2) is 11.5 Å². The van der Waals surface area contributed by atoms with Crippen LogP contribution >= 0.6 is 0 Å². The molecule has 1 heterocycles. The molecule has 0 fully saturated rings. The van der Waals surface area contributed by atoms with Gasteiger partial charge >= 0.3 is 5.97 Å². The van der Waals surface area contributed by atoms with Crippen molar-refractivity contribution in [3.05, 3.63) is 45.8 Å². The summed E-state index contributed by atoms with van der Waals surface area (Å²) >= 11 is 0. The smallest absolute Gasteiger partial charge is 0.340 e.